The van der Waals surface area contributed by atoms with Gasteiger partial charge < -0.3 is 4.98 Å². The molecule has 0 amide bonds. The van der Waals surface area contributed by atoms with E-state index in [9.17, 15) is 0 Å². The van der Waals surface area contributed by atoms with Gasteiger partial charge in [0.1, 0.15) is 0 Å². The average molecular weight is 339 g/mol. The first-order valence-electron chi connectivity index (χ1n) is 6.30. The molecule has 0 saturated carbocycles. The van der Waals surface area contributed by atoms with Gasteiger partial charge in [0.15, 0.2) is 4.77 Å². The molecule has 1 aromatic carbocycles. The molecule has 0 radical (unpaired) electrons. The van der Waals surface area contributed by atoms with E-state index in [1.54, 1.807) is 0 Å². The molecule has 1 aromatic heterocycles. The van der Waals surface area contributed by atoms with Gasteiger partial charge in [-0.05, 0) is 49.3 Å². The number of aromatic amines is 1. The number of imidazole rings is 1. The van der Waals surface area contributed by atoms with Crippen molar-refractivity contribution in [2.75, 3.05) is 0 Å². The van der Waals surface area contributed by atoms with Crippen molar-refractivity contribution in [1.82, 2.24) is 9.55 Å². The highest BCUT2D eigenvalue weighted by atomic mass is 79.9. The van der Waals surface area contributed by atoms with E-state index in [0.717, 1.165) is 9.24 Å². The Morgan fingerprint density at radius 2 is 1.68 bits per heavy atom. The fourth-order valence-electron chi connectivity index (χ4n) is 2.40. The summed E-state index contributed by atoms with van der Waals surface area (Å²) in [6, 6.07) is 4.26. The van der Waals surface area contributed by atoms with Crippen LogP contribution in [0.1, 0.15) is 37.6 Å². The Morgan fingerprint density at radius 1 is 1.16 bits per heavy atom. The van der Waals surface area contributed by atoms with Crippen LogP contribution >= 0.6 is 28.1 Å². The van der Waals surface area contributed by atoms with Gasteiger partial charge in [-0.2, -0.15) is 0 Å². The zero-order valence-electron chi connectivity index (χ0n) is 12.0. The number of aryl methyl sites for hydroxylation is 2. The molecular formula is C15H19BrN2S. The van der Waals surface area contributed by atoms with Gasteiger partial charge in [-0.3, -0.25) is 4.57 Å². The third kappa shape index (κ3) is 2.70. The average Bonchev–Trinajstić information content (AvgIpc) is 2.59. The number of benzene rings is 1. The Balaban J connectivity index is 2.81. The monoisotopic (exact) mass is 338 g/mol. The number of rotatable bonds is 1. The third-order valence-corrected chi connectivity index (χ3v) is 3.98. The van der Waals surface area contributed by atoms with Gasteiger partial charge in [0.25, 0.3) is 0 Å². The summed E-state index contributed by atoms with van der Waals surface area (Å²) in [6.07, 6.45) is 2.02. The van der Waals surface area contributed by atoms with E-state index >= 15 is 0 Å². The van der Waals surface area contributed by atoms with Gasteiger partial charge in [0, 0.05) is 21.8 Å². The second-order valence-electron chi connectivity index (χ2n) is 5.95. The molecule has 0 saturated heterocycles. The van der Waals surface area contributed by atoms with Gasteiger partial charge in [0.2, 0.25) is 0 Å². The highest BCUT2D eigenvalue weighted by molar-refractivity contribution is 9.10. The van der Waals surface area contributed by atoms with E-state index in [-0.39, 0.29) is 5.41 Å². The molecule has 0 unspecified atom stereocenters. The number of aromatic nitrogens is 2. The van der Waals surface area contributed by atoms with Crippen LogP contribution in [0, 0.1) is 18.6 Å². The topological polar surface area (TPSA) is 20.7 Å². The molecule has 0 aliphatic rings. The van der Waals surface area contributed by atoms with E-state index in [2.05, 4.69) is 72.2 Å². The van der Waals surface area contributed by atoms with Crippen molar-refractivity contribution in [3.05, 3.63) is 44.4 Å². The van der Waals surface area contributed by atoms with Crippen LogP contribution in [0.15, 0.2) is 22.8 Å². The van der Waals surface area contributed by atoms with Gasteiger partial charge in [-0.1, -0.05) is 36.7 Å². The minimum Gasteiger partial charge on any atom is -0.337 e. The molecule has 2 rings (SSSR count). The highest BCUT2D eigenvalue weighted by Gasteiger charge is 2.21. The van der Waals surface area contributed by atoms with Crippen LogP contribution in [0.2, 0.25) is 0 Å². The highest BCUT2D eigenvalue weighted by Crippen LogP contribution is 2.30. The van der Waals surface area contributed by atoms with Crippen molar-refractivity contribution in [3.8, 4) is 5.69 Å². The Kier molecular flexibility index (Phi) is 3.76. The molecule has 2 aromatic rings. The zero-order valence-corrected chi connectivity index (χ0v) is 14.4. The molecule has 4 heteroatoms. The third-order valence-electron chi connectivity index (χ3n) is 3.22. The standard InChI is InChI=1S/C15H19BrN2S/c1-9-6-11(16)7-10(2)13(9)18-12(15(3,4)5)8-17-14(18)19/h6-8H,1-5H3,(H,17,19). The zero-order chi connectivity index (χ0) is 14.4. The minimum absolute atomic E-state index is 0.0412. The summed E-state index contributed by atoms with van der Waals surface area (Å²) in [5.74, 6) is 0. The lowest BCUT2D eigenvalue weighted by Crippen LogP contribution is -2.17. The molecule has 0 spiro atoms. The largest absolute Gasteiger partial charge is 0.337 e. The molecule has 0 aliphatic heterocycles. The van der Waals surface area contributed by atoms with Gasteiger partial charge >= 0.3 is 0 Å². The summed E-state index contributed by atoms with van der Waals surface area (Å²) < 4.78 is 4.01. The smallest absolute Gasteiger partial charge is 0.182 e. The molecule has 1 N–H and O–H groups in total. The molecule has 0 aliphatic carbocycles. The van der Waals surface area contributed by atoms with E-state index in [1.807, 2.05) is 6.20 Å². The second kappa shape index (κ2) is 4.91. The first-order chi connectivity index (χ1) is 8.71. The van der Waals surface area contributed by atoms with Crippen molar-refractivity contribution >= 4 is 28.1 Å². The number of hydrogen-bond donors (Lipinski definition) is 1. The van der Waals surface area contributed by atoms with Crippen LogP contribution in [-0.2, 0) is 5.41 Å². The predicted molar refractivity (Wildman–Crippen MR) is 86.8 cm³/mol. The van der Waals surface area contributed by atoms with E-state index < -0.39 is 0 Å². The van der Waals surface area contributed by atoms with Gasteiger partial charge in [-0.15, -0.1) is 0 Å². The Hall–Kier alpha value is -0.870. The van der Waals surface area contributed by atoms with Crippen molar-refractivity contribution in [2.45, 2.75) is 40.0 Å². The van der Waals surface area contributed by atoms with E-state index in [1.165, 1.54) is 22.5 Å². The Bertz CT molecular complexity index is 651. The number of nitrogens with one attached hydrogen (secondary N) is 1. The summed E-state index contributed by atoms with van der Waals surface area (Å²) in [5.41, 5.74) is 4.85. The second-order valence-corrected chi connectivity index (χ2v) is 7.26. The number of H-pyrrole nitrogens is 1. The lowest BCUT2D eigenvalue weighted by molar-refractivity contribution is 0.555. The van der Waals surface area contributed by atoms with Crippen LogP contribution < -0.4 is 0 Å². The fraction of sp³-hybridized carbons (Fsp3) is 0.400. The van der Waals surface area contributed by atoms with Crippen LogP contribution in [0.3, 0.4) is 0 Å². The summed E-state index contributed by atoms with van der Waals surface area (Å²) in [5, 5.41) is 0. The van der Waals surface area contributed by atoms with Crippen LogP contribution in [0.5, 0.6) is 0 Å². The minimum atomic E-state index is 0.0412. The SMILES string of the molecule is Cc1cc(Br)cc(C)c1-n1c(C(C)(C)C)c[nH]c1=S. The first kappa shape index (κ1) is 14.5. The summed E-state index contributed by atoms with van der Waals surface area (Å²) >= 11 is 9.02. The normalized spacial score (nSPS) is 11.9. The summed E-state index contributed by atoms with van der Waals surface area (Å²) in [4.78, 5) is 3.18. The predicted octanol–water partition coefficient (Wildman–Crippen LogP) is 5.21. The van der Waals surface area contributed by atoms with Crippen molar-refractivity contribution in [2.24, 2.45) is 0 Å². The molecule has 0 bridgehead atoms. The quantitative estimate of drug-likeness (QED) is 0.707. The van der Waals surface area contributed by atoms with Crippen LogP contribution in [-0.4, -0.2) is 9.55 Å². The maximum Gasteiger partial charge on any atom is 0.182 e. The fourth-order valence-corrected chi connectivity index (χ4v) is 3.33. The number of halogens is 1. The van der Waals surface area contributed by atoms with Gasteiger partial charge in [0.05, 0.1) is 5.69 Å². The number of nitrogens with zero attached hydrogens (tertiary/aromatic N) is 1. The Morgan fingerprint density at radius 3 is 2.16 bits per heavy atom. The molecule has 0 atom stereocenters. The van der Waals surface area contributed by atoms with Gasteiger partial charge in [-0.25, -0.2) is 0 Å². The summed E-state index contributed by atoms with van der Waals surface area (Å²) in [6.45, 7) is 10.8. The molecule has 19 heavy (non-hydrogen) atoms. The van der Waals surface area contributed by atoms with Crippen LogP contribution in [0.4, 0.5) is 0 Å². The first-order valence-corrected chi connectivity index (χ1v) is 7.50. The molecule has 2 nitrogen and oxygen atoms in total. The van der Waals surface area contributed by atoms with Crippen molar-refractivity contribution < 1.29 is 0 Å². The summed E-state index contributed by atoms with van der Waals surface area (Å²) in [7, 11) is 0. The lowest BCUT2D eigenvalue weighted by Gasteiger charge is -2.23. The maximum atomic E-state index is 5.47. The van der Waals surface area contributed by atoms with Crippen molar-refractivity contribution in [3.63, 3.8) is 0 Å². The lowest BCUT2D eigenvalue weighted by atomic mass is 9.92. The molecule has 102 valence electrons. The molecule has 1 heterocycles. The van der Waals surface area contributed by atoms with Crippen LogP contribution in [0.25, 0.3) is 5.69 Å². The number of hydrogen-bond acceptors (Lipinski definition) is 1. The van der Waals surface area contributed by atoms with E-state index in [0.29, 0.717) is 0 Å². The maximum absolute atomic E-state index is 5.47. The Labute approximate surface area is 128 Å². The van der Waals surface area contributed by atoms with Crippen molar-refractivity contribution in [1.29, 1.82) is 0 Å². The van der Waals surface area contributed by atoms with E-state index in [4.69, 9.17) is 12.2 Å². The molecule has 0 fully saturated rings. The molecular weight excluding hydrogens is 320 g/mol.